The third-order valence-corrected chi connectivity index (χ3v) is 4.16. The van der Waals surface area contributed by atoms with Crippen LogP contribution in [0, 0.1) is 10.1 Å². The molecule has 0 amide bonds. The maximum atomic E-state index is 10.3. The van der Waals surface area contributed by atoms with Crippen molar-refractivity contribution in [3.8, 4) is 0 Å². The fraction of sp³-hybridized carbons (Fsp3) is 1.00. The second-order valence-corrected chi connectivity index (χ2v) is 6.38. The Balaban J connectivity index is 3.16. The Morgan fingerprint density at radius 3 is 1.36 bits per heavy atom. The van der Waals surface area contributed by atoms with E-state index in [0.717, 1.165) is 19.3 Å². The summed E-state index contributed by atoms with van der Waals surface area (Å²) in [5.74, 6) is -2.74. The Labute approximate surface area is 135 Å². The highest BCUT2D eigenvalue weighted by Crippen LogP contribution is 2.16. The lowest BCUT2D eigenvalue weighted by atomic mass is 10.0. The van der Waals surface area contributed by atoms with Gasteiger partial charge in [0.15, 0.2) is 0 Å². The summed E-state index contributed by atoms with van der Waals surface area (Å²) in [6.07, 6.45) is 16.6. The van der Waals surface area contributed by atoms with Crippen LogP contribution < -0.4 is 0 Å². The molecule has 0 saturated carbocycles. The maximum Gasteiger partial charge on any atom is 0.437 e. The first-order valence-electron chi connectivity index (χ1n) is 9.10. The number of nitro groups is 1. The van der Waals surface area contributed by atoms with Crippen molar-refractivity contribution in [3.05, 3.63) is 10.1 Å². The van der Waals surface area contributed by atoms with Crippen LogP contribution in [0.15, 0.2) is 0 Å². The molecule has 0 aliphatic carbocycles. The lowest BCUT2D eigenvalue weighted by Crippen LogP contribution is -2.37. The fourth-order valence-electron chi connectivity index (χ4n) is 2.65. The second kappa shape index (κ2) is 13.9. The first-order valence-corrected chi connectivity index (χ1v) is 9.10. The van der Waals surface area contributed by atoms with Crippen LogP contribution in [-0.2, 0) is 0 Å². The fourth-order valence-corrected chi connectivity index (χ4v) is 2.65. The molecule has 5 nitrogen and oxygen atoms in total. The highest BCUT2D eigenvalue weighted by molar-refractivity contribution is 4.53. The van der Waals surface area contributed by atoms with E-state index in [0.29, 0.717) is 6.42 Å². The van der Waals surface area contributed by atoms with Crippen molar-refractivity contribution in [2.24, 2.45) is 0 Å². The molecule has 0 spiro atoms. The van der Waals surface area contributed by atoms with Gasteiger partial charge in [0, 0.05) is 0 Å². The number of hydrogen-bond donors (Lipinski definition) is 2. The number of unbranched alkanes of at least 4 members (excludes halogenated alkanes) is 13. The zero-order valence-electron chi connectivity index (χ0n) is 14.3. The van der Waals surface area contributed by atoms with Crippen molar-refractivity contribution in [1.29, 1.82) is 0 Å². The van der Waals surface area contributed by atoms with Gasteiger partial charge in [0.05, 0.1) is 11.3 Å². The van der Waals surface area contributed by atoms with Gasteiger partial charge in [-0.15, -0.1) is 0 Å². The van der Waals surface area contributed by atoms with Gasteiger partial charge in [0.1, 0.15) is 0 Å². The van der Waals surface area contributed by atoms with Crippen LogP contribution in [-0.4, -0.2) is 21.0 Å². The maximum absolute atomic E-state index is 10.3. The highest BCUT2D eigenvalue weighted by atomic mass is 16.7. The normalized spacial score (nSPS) is 11.8. The van der Waals surface area contributed by atoms with E-state index in [1.165, 1.54) is 64.2 Å². The molecule has 0 unspecified atom stereocenters. The summed E-state index contributed by atoms with van der Waals surface area (Å²) in [5, 5.41) is 28.4. The van der Waals surface area contributed by atoms with Crippen LogP contribution in [0.3, 0.4) is 0 Å². The molecule has 5 heteroatoms. The largest absolute Gasteiger partial charge is 0.437 e. The molecule has 0 aromatic heterocycles. The summed E-state index contributed by atoms with van der Waals surface area (Å²) in [5.41, 5.74) is 0. The lowest BCUT2D eigenvalue weighted by molar-refractivity contribution is -0.684. The molecule has 0 atom stereocenters. The van der Waals surface area contributed by atoms with Gasteiger partial charge in [-0.3, -0.25) is 10.1 Å². The molecule has 2 N–H and O–H groups in total. The minimum absolute atomic E-state index is 0.183. The molecule has 0 aromatic carbocycles. The first kappa shape index (κ1) is 21.3. The van der Waals surface area contributed by atoms with E-state index in [1.54, 1.807) is 0 Å². The van der Waals surface area contributed by atoms with E-state index >= 15 is 0 Å². The van der Waals surface area contributed by atoms with Gasteiger partial charge < -0.3 is 10.2 Å². The molecule has 0 fully saturated rings. The van der Waals surface area contributed by atoms with E-state index < -0.39 is 10.8 Å². The molecule has 0 rings (SSSR count). The number of aliphatic hydroxyl groups is 2. The third-order valence-electron chi connectivity index (χ3n) is 4.16. The Morgan fingerprint density at radius 1 is 0.727 bits per heavy atom. The summed E-state index contributed by atoms with van der Waals surface area (Å²) in [6.45, 7) is 2.24. The molecule has 0 aliphatic heterocycles. The van der Waals surface area contributed by atoms with E-state index in [-0.39, 0.29) is 6.42 Å². The quantitative estimate of drug-likeness (QED) is 0.186. The average Bonchev–Trinajstić information content (AvgIpc) is 2.47. The Kier molecular flexibility index (Phi) is 13.5. The first-order chi connectivity index (χ1) is 10.5. The van der Waals surface area contributed by atoms with Gasteiger partial charge in [0.2, 0.25) is 0 Å². The van der Waals surface area contributed by atoms with Crippen molar-refractivity contribution in [3.63, 3.8) is 0 Å². The second-order valence-electron chi connectivity index (χ2n) is 6.38. The number of nitrogens with zero attached hydrogens (tertiary/aromatic N) is 1. The molecule has 0 bridgehead atoms. The Morgan fingerprint density at radius 2 is 1.05 bits per heavy atom. The van der Waals surface area contributed by atoms with Gasteiger partial charge in [-0.2, -0.15) is 0 Å². The molecule has 0 heterocycles. The van der Waals surface area contributed by atoms with E-state index in [2.05, 4.69) is 6.92 Å². The van der Waals surface area contributed by atoms with E-state index in [4.69, 9.17) is 10.2 Å². The van der Waals surface area contributed by atoms with Gasteiger partial charge in [-0.05, 0) is 6.42 Å². The molecule has 132 valence electrons. The highest BCUT2D eigenvalue weighted by Gasteiger charge is 2.36. The summed E-state index contributed by atoms with van der Waals surface area (Å²) in [7, 11) is 0. The zero-order valence-corrected chi connectivity index (χ0v) is 14.3. The molecule has 22 heavy (non-hydrogen) atoms. The van der Waals surface area contributed by atoms with Crippen molar-refractivity contribution >= 4 is 0 Å². The standard InChI is InChI=1S/C17H35NO4/c1-2-3-4-5-6-7-8-9-10-11-12-13-14-15-16-17(19,20)18(21)22/h19-20H,2-16H2,1H3. The van der Waals surface area contributed by atoms with Crippen LogP contribution >= 0.6 is 0 Å². The van der Waals surface area contributed by atoms with Gasteiger partial charge in [0.25, 0.3) is 0 Å². The topological polar surface area (TPSA) is 83.6 Å². The van der Waals surface area contributed by atoms with Crippen LogP contribution in [0.5, 0.6) is 0 Å². The minimum atomic E-state index is -2.74. The molecular weight excluding hydrogens is 282 g/mol. The smallest absolute Gasteiger partial charge is 0.307 e. The molecule has 0 radical (unpaired) electrons. The molecular formula is C17H35NO4. The van der Waals surface area contributed by atoms with Gasteiger partial charge in [-0.1, -0.05) is 90.4 Å². The van der Waals surface area contributed by atoms with Crippen LogP contribution in [0.4, 0.5) is 0 Å². The van der Waals surface area contributed by atoms with E-state index in [9.17, 15) is 10.1 Å². The van der Waals surface area contributed by atoms with Crippen LogP contribution in [0.2, 0.25) is 0 Å². The number of rotatable bonds is 16. The van der Waals surface area contributed by atoms with Crippen LogP contribution in [0.25, 0.3) is 0 Å². The van der Waals surface area contributed by atoms with Gasteiger partial charge in [-0.25, -0.2) is 0 Å². The summed E-state index contributed by atoms with van der Waals surface area (Å²) in [6, 6.07) is 0. The lowest BCUT2D eigenvalue weighted by Gasteiger charge is -2.11. The van der Waals surface area contributed by atoms with Gasteiger partial charge >= 0.3 is 5.91 Å². The van der Waals surface area contributed by atoms with Crippen molar-refractivity contribution in [2.45, 2.75) is 109 Å². The predicted molar refractivity (Wildman–Crippen MR) is 89.1 cm³/mol. The average molecular weight is 317 g/mol. The Hall–Kier alpha value is -0.680. The summed E-state index contributed by atoms with van der Waals surface area (Å²) < 4.78 is 0. The van der Waals surface area contributed by atoms with E-state index in [1.807, 2.05) is 0 Å². The van der Waals surface area contributed by atoms with Crippen molar-refractivity contribution in [2.75, 3.05) is 0 Å². The van der Waals surface area contributed by atoms with Crippen molar-refractivity contribution < 1.29 is 15.1 Å². The van der Waals surface area contributed by atoms with Crippen LogP contribution in [0.1, 0.15) is 103 Å². The molecule has 0 aromatic rings. The predicted octanol–water partition coefficient (Wildman–Crippen LogP) is 4.77. The number of hydrogen-bond acceptors (Lipinski definition) is 4. The third kappa shape index (κ3) is 13.0. The monoisotopic (exact) mass is 317 g/mol. The summed E-state index contributed by atoms with van der Waals surface area (Å²) in [4.78, 5) is 9.26. The SMILES string of the molecule is CCCCCCCCCCCCCCCCC(O)(O)[N+](=O)[O-]. The zero-order chi connectivity index (χ0) is 16.7. The van der Waals surface area contributed by atoms with Crippen molar-refractivity contribution in [1.82, 2.24) is 0 Å². The Bertz CT molecular complexity index is 269. The minimum Gasteiger partial charge on any atom is -0.307 e. The molecule has 0 aliphatic rings. The summed E-state index contributed by atoms with van der Waals surface area (Å²) >= 11 is 0. The molecule has 0 saturated heterocycles.